The van der Waals surface area contributed by atoms with Crippen LogP contribution in [0.15, 0.2) is 18.2 Å². The van der Waals surface area contributed by atoms with Crippen LogP contribution in [0, 0.1) is 0 Å². The van der Waals surface area contributed by atoms with Crippen LogP contribution in [0.4, 0.5) is 5.69 Å². The van der Waals surface area contributed by atoms with E-state index in [0.29, 0.717) is 21.5 Å². The number of thioether (sulfide) groups is 1. The van der Waals surface area contributed by atoms with E-state index in [0.717, 1.165) is 25.4 Å². The molecule has 0 aliphatic rings. The third kappa shape index (κ3) is 5.92. The smallest absolute Gasteiger partial charge is 0.234 e. The summed E-state index contributed by atoms with van der Waals surface area (Å²) in [6.07, 6.45) is 0. The van der Waals surface area contributed by atoms with Gasteiger partial charge in [0.2, 0.25) is 5.91 Å². The van der Waals surface area contributed by atoms with E-state index in [9.17, 15) is 4.79 Å². The first-order chi connectivity index (χ1) is 9.58. The maximum Gasteiger partial charge on any atom is 0.234 e. The van der Waals surface area contributed by atoms with E-state index in [2.05, 4.69) is 24.1 Å². The van der Waals surface area contributed by atoms with Gasteiger partial charge in [-0.1, -0.05) is 43.1 Å². The maximum absolute atomic E-state index is 11.8. The molecule has 0 aliphatic heterocycles. The van der Waals surface area contributed by atoms with E-state index in [1.807, 2.05) is 0 Å². The Morgan fingerprint density at radius 2 is 1.85 bits per heavy atom. The number of para-hydroxylation sites is 1. The highest BCUT2D eigenvalue weighted by Gasteiger charge is 2.09. The number of carbonyl (C=O) groups excluding carboxylic acids is 1. The number of halogens is 2. The fraction of sp³-hybridized carbons (Fsp3) is 0.500. The Morgan fingerprint density at radius 3 is 2.40 bits per heavy atom. The summed E-state index contributed by atoms with van der Waals surface area (Å²) in [5.41, 5.74) is 0.491. The minimum absolute atomic E-state index is 0.0791. The molecule has 0 heterocycles. The van der Waals surface area contributed by atoms with Gasteiger partial charge >= 0.3 is 0 Å². The zero-order valence-corrected chi connectivity index (χ0v) is 14.1. The first-order valence-electron chi connectivity index (χ1n) is 6.62. The Bertz CT molecular complexity index is 419. The van der Waals surface area contributed by atoms with E-state index in [4.69, 9.17) is 23.2 Å². The molecule has 1 amide bonds. The second-order valence-corrected chi connectivity index (χ2v) is 6.14. The molecule has 0 unspecified atom stereocenters. The summed E-state index contributed by atoms with van der Waals surface area (Å²) in [7, 11) is 0. The van der Waals surface area contributed by atoms with Crippen LogP contribution in [0.25, 0.3) is 0 Å². The molecule has 1 N–H and O–H groups in total. The number of hydrogen-bond donors (Lipinski definition) is 1. The van der Waals surface area contributed by atoms with E-state index in [1.165, 1.54) is 0 Å². The van der Waals surface area contributed by atoms with Crippen molar-refractivity contribution in [3.05, 3.63) is 28.2 Å². The van der Waals surface area contributed by atoms with Gasteiger partial charge in [0.05, 0.1) is 21.5 Å². The lowest BCUT2D eigenvalue weighted by atomic mass is 10.3. The van der Waals surface area contributed by atoms with Crippen LogP contribution in [0.2, 0.25) is 10.0 Å². The van der Waals surface area contributed by atoms with Crippen LogP contribution in [-0.4, -0.2) is 41.9 Å². The van der Waals surface area contributed by atoms with Crippen LogP contribution < -0.4 is 5.32 Å². The SMILES string of the molecule is CCN(CC)CCSCC(=O)Nc1c(Cl)cccc1Cl. The molecule has 6 heteroatoms. The van der Waals surface area contributed by atoms with Crippen LogP contribution in [-0.2, 0) is 4.79 Å². The Labute approximate surface area is 135 Å². The molecular weight excluding hydrogens is 315 g/mol. The third-order valence-electron chi connectivity index (χ3n) is 2.91. The van der Waals surface area contributed by atoms with Gasteiger partial charge in [0, 0.05) is 12.3 Å². The molecule has 20 heavy (non-hydrogen) atoms. The van der Waals surface area contributed by atoms with Crippen molar-refractivity contribution < 1.29 is 4.79 Å². The molecule has 0 aliphatic carbocycles. The Kier molecular flexibility index (Phi) is 8.38. The zero-order chi connectivity index (χ0) is 15.0. The normalized spacial score (nSPS) is 10.8. The Morgan fingerprint density at radius 1 is 1.25 bits per heavy atom. The predicted molar refractivity (Wildman–Crippen MR) is 90.2 cm³/mol. The lowest BCUT2D eigenvalue weighted by Crippen LogP contribution is -2.26. The minimum Gasteiger partial charge on any atom is -0.323 e. The summed E-state index contributed by atoms with van der Waals surface area (Å²) in [6, 6.07) is 5.16. The zero-order valence-electron chi connectivity index (χ0n) is 11.8. The number of anilines is 1. The second kappa shape index (κ2) is 9.50. The topological polar surface area (TPSA) is 32.3 Å². The number of benzene rings is 1. The largest absolute Gasteiger partial charge is 0.323 e. The van der Waals surface area contributed by atoms with Crippen LogP contribution in [0.5, 0.6) is 0 Å². The molecule has 1 aromatic rings. The van der Waals surface area contributed by atoms with Crippen molar-refractivity contribution in [3.8, 4) is 0 Å². The van der Waals surface area contributed by atoms with Gasteiger partial charge in [-0.2, -0.15) is 11.8 Å². The highest BCUT2D eigenvalue weighted by Crippen LogP contribution is 2.29. The number of nitrogens with zero attached hydrogens (tertiary/aromatic N) is 1. The highest BCUT2D eigenvalue weighted by atomic mass is 35.5. The standard InChI is InChI=1S/C14H20Cl2N2OS/c1-3-18(4-2)8-9-20-10-13(19)17-14-11(15)6-5-7-12(14)16/h5-7H,3-4,8-10H2,1-2H3,(H,17,19). The van der Waals surface area contributed by atoms with Gasteiger partial charge in [0.25, 0.3) is 0 Å². The van der Waals surface area contributed by atoms with E-state index in [-0.39, 0.29) is 5.91 Å². The monoisotopic (exact) mass is 334 g/mol. The lowest BCUT2D eigenvalue weighted by molar-refractivity contribution is -0.113. The summed E-state index contributed by atoms with van der Waals surface area (Å²) in [5.74, 6) is 1.26. The molecular formula is C14H20Cl2N2OS. The molecule has 0 spiro atoms. The first kappa shape index (κ1) is 17.6. The van der Waals surface area contributed by atoms with Gasteiger partial charge in [0.1, 0.15) is 0 Å². The molecule has 0 fully saturated rings. The highest BCUT2D eigenvalue weighted by molar-refractivity contribution is 7.99. The van der Waals surface area contributed by atoms with Gasteiger partial charge in [0.15, 0.2) is 0 Å². The van der Waals surface area contributed by atoms with Gasteiger partial charge < -0.3 is 10.2 Å². The molecule has 0 saturated carbocycles. The minimum atomic E-state index is -0.0791. The van der Waals surface area contributed by atoms with Crippen molar-refractivity contribution in [2.24, 2.45) is 0 Å². The molecule has 1 rings (SSSR count). The molecule has 0 saturated heterocycles. The predicted octanol–water partition coefficient (Wildman–Crippen LogP) is 4.01. The molecule has 0 bridgehead atoms. The summed E-state index contributed by atoms with van der Waals surface area (Å²) < 4.78 is 0. The first-order valence-corrected chi connectivity index (χ1v) is 8.53. The number of carbonyl (C=O) groups is 1. The number of rotatable bonds is 8. The quantitative estimate of drug-likeness (QED) is 0.729. The fourth-order valence-corrected chi connectivity index (χ4v) is 2.97. The van der Waals surface area contributed by atoms with Crippen molar-refractivity contribution in [3.63, 3.8) is 0 Å². The molecule has 112 valence electrons. The van der Waals surface area contributed by atoms with Crippen LogP contribution in [0.1, 0.15) is 13.8 Å². The summed E-state index contributed by atoms with van der Waals surface area (Å²) >= 11 is 13.6. The fourth-order valence-electron chi connectivity index (χ4n) is 1.69. The average Bonchev–Trinajstić information content (AvgIpc) is 2.43. The number of nitrogens with one attached hydrogen (secondary N) is 1. The number of amides is 1. The van der Waals surface area contributed by atoms with Gasteiger partial charge in [-0.05, 0) is 25.2 Å². The van der Waals surface area contributed by atoms with Crippen molar-refractivity contribution in [1.29, 1.82) is 0 Å². The third-order valence-corrected chi connectivity index (χ3v) is 4.47. The summed E-state index contributed by atoms with van der Waals surface area (Å²) in [6.45, 7) is 7.36. The second-order valence-electron chi connectivity index (χ2n) is 4.22. The summed E-state index contributed by atoms with van der Waals surface area (Å²) in [5, 5.41) is 3.67. The van der Waals surface area contributed by atoms with Gasteiger partial charge in [-0.15, -0.1) is 0 Å². The lowest BCUT2D eigenvalue weighted by Gasteiger charge is -2.17. The van der Waals surface area contributed by atoms with Crippen molar-refractivity contribution in [2.45, 2.75) is 13.8 Å². The van der Waals surface area contributed by atoms with Crippen molar-refractivity contribution in [2.75, 3.05) is 36.5 Å². The van der Waals surface area contributed by atoms with Crippen LogP contribution >= 0.6 is 35.0 Å². The van der Waals surface area contributed by atoms with Crippen molar-refractivity contribution >= 4 is 46.6 Å². The Hall–Kier alpha value is -0.420. The molecule has 1 aromatic carbocycles. The average molecular weight is 335 g/mol. The maximum atomic E-state index is 11.8. The van der Waals surface area contributed by atoms with E-state index < -0.39 is 0 Å². The van der Waals surface area contributed by atoms with Crippen molar-refractivity contribution in [1.82, 2.24) is 4.90 Å². The Balaban J connectivity index is 2.34. The molecule has 0 radical (unpaired) electrons. The van der Waals surface area contributed by atoms with E-state index >= 15 is 0 Å². The molecule has 0 atom stereocenters. The summed E-state index contributed by atoms with van der Waals surface area (Å²) in [4.78, 5) is 14.2. The van der Waals surface area contributed by atoms with Crippen LogP contribution in [0.3, 0.4) is 0 Å². The van der Waals surface area contributed by atoms with E-state index in [1.54, 1.807) is 30.0 Å². The number of hydrogen-bond acceptors (Lipinski definition) is 3. The molecule has 0 aromatic heterocycles. The molecule has 3 nitrogen and oxygen atoms in total. The van der Waals surface area contributed by atoms with Gasteiger partial charge in [-0.25, -0.2) is 0 Å². The van der Waals surface area contributed by atoms with Gasteiger partial charge in [-0.3, -0.25) is 4.79 Å².